The van der Waals surface area contributed by atoms with Crippen molar-refractivity contribution in [2.45, 2.75) is 0 Å². The van der Waals surface area contributed by atoms with E-state index in [0.29, 0.717) is 4.73 Å². The third kappa shape index (κ3) is 1.49. The van der Waals surface area contributed by atoms with Crippen molar-refractivity contribution in [1.29, 1.82) is 0 Å². The Labute approximate surface area is 68.9 Å². The SMILES string of the molecule is NNC(=O)c1nc(Br)ns1. The van der Waals surface area contributed by atoms with Crippen LogP contribution in [0.3, 0.4) is 0 Å². The van der Waals surface area contributed by atoms with Crippen molar-refractivity contribution in [3.05, 3.63) is 9.74 Å². The Bertz CT molecular complexity index is 248. The minimum Gasteiger partial charge on any atom is -0.288 e. The molecule has 10 heavy (non-hydrogen) atoms. The van der Waals surface area contributed by atoms with Gasteiger partial charge in [0.05, 0.1) is 0 Å². The lowest BCUT2D eigenvalue weighted by Crippen LogP contribution is -2.29. The van der Waals surface area contributed by atoms with E-state index < -0.39 is 5.91 Å². The first-order valence-corrected chi connectivity index (χ1v) is 3.81. The van der Waals surface area contributed by atoms with E-state index in [-0.39, 0.29) is 5.01 Å². The molecule has 0 aliphatic carbocycles. The maximum absolute atomic E-state index is 10.7. The first kappa shape index (κ1) is 7.58. The lowest BCUT2D eigenvalue weighted by Gasteiger charge is -1.88. The molecule has 0 saturated carbocycles. The smallest absolute Gasteiger partial charge is 0.288 e. The fourth-order valence-electron chi connectivity index (χ4n) is 0.359. The summed E-state index contributed by atoms with van der Waals surface area (Å²) in [6.07, 6.45) is 0. The Morgan fingerprint density at radius 3 is 2.90 bits per heavy atom. The number of hydrazine groups is 1. The van der Waals surface area contributed by atoms with Gasteiger partial charge in [-0.1, -0.05) is 0 Å². The topological polar surface area (TPSA) is 80.9 Å². The van der Waals surface area contributed by atoms with Gasteiger partial charge in [0, 0.05) is 0 Å². The lowest BCUT2D eigenvalue weighted by atomic mass is 10.7. The summed E-state index contributed by atoms with van der Waals surface area (Å²) in [5.41, 5.74) is 1.94. The number of nitrogens with one attached hydrogen (secondary N) is 1. The summed E-state index contributed by atoms with van der Waals surface area (Å²) in [7, 11) is 0. The molecule has 0 atom stereocenters. The zero-order valence-electron chi connectivity index (χ0n) is 4.67. The maximum Gasteiger partial charge on any atom is 0.295 e. The molecule has 0 aliphatic rings. The van der Waals surface area contributed by atoms with Gasteiger partial charge in [-0.15, -0.1) is 0 Å². The van der Waals surface area contributed by atoms with Crippen LogP contribution in [0, 0.1) is 0 Å². The Morgan fingerprint density at radius 1 is 1.80 bits per heavy atom. The standard InChI is InChI=1S/C3H3BrN4OS/c4-3-6-2(10-8-3)1(9)7-5/h5H2,(H,7,9). The second-order valence-corrected chi connectivity index (χ2v) is 2.80. The first-order chi connectivity index (χ1) is 4.74. The molecular weight excluding hydrogens is 220 g/mol. The van der Waals surface area contributed by atoms with Crippen molar-refractivity contribution in [2.75, 3.05) is 0 Å². The molecule has 1 aromatic heterocycles. The van der Waals surface area contributed by atoms with Gasteiger partial charge in [0.25, 0.3) is 5.91 Å². The van der Waals surface area contributed by atoms with Crippen molar-refractivity contribution < 1.29 is 4.79 Å². The van der Waals surface area contributed by atoms with Crippen LogP contribution in [0.15, 0.2) is 4.73 Å². The molecule has 0 spiro atoms. The third-order valence-electron chi connectivity index (χ3n) is 0.727. The highest BCUT2D eigenvalue weighted by Gasteiger charge is 2.08. The van der Waals surface area contributed by atoms with Crippen LogP contribution < -0.4 is 11.3 Å². The summed E-state index contributed by atoms with van der Waals surface area (Å²) in [5, 5.41) is 0.245. The number of amides is 1. The average Bonchev–Trinajstić information content (AvgIpc) is 2.34. The lowest BCUT2D eigenvalue weighted by molar-refractivity contribution is 0.0953. The second kappa shape index (κ2) is 3.04. The molecule has 54 valence electrons. The van der Waals surface area contributed by atoms with Gasteiger partial charge >= 0.3 is 0 Å². The Balaban J connectivity index is 2.85. The Morgan fingerprint density at radius 2 is 2.50 bits per heavy atom. The molecule has 1 rings (SSSR count). The van der Waals surface area contributed by atoms with E-state index in [2.05, 4.69) is 25.3 Å². The van der Waals surface area contributed by atoms with E-state index >= 15 is 0 Å². The number of nitrogens with two attached hydrogens (primary N) is 1. The average molecular weight is 223 g/mol. The summed E-state index contributed by atoms with van der Waals surface area (Å²) in [5.74, 6) is 4.41. The summed E-state index contributed by atoms with van der Waals surface area (Å²) < 4.78 is 4.12. The summed E-state index contributed by atoms with van der Waals surface area (Å²) in [6.45, 7) is 0. The predicted molar refractivity (Wildman–Crippen MR) is 39.3 cm³/mol. The molecule has 1 aromatic rings. The van der Waals surface area contributed by atoms with Crippen LogP contribution in [-0.4, -0.2) is 15.3 Å². The number of carbonyl (C=O) groups excluding carboxylic acids is 1. The van der Waals surface area contributed by atoms with Gasteiger partial charge in [-0.05, 0) is 27.5 Å². The predicted octanol–water partition coefficient (Wildman–Crippen LogP) is -0.0959. The molecular formula is C3H3BrN4OS. The van der Waals surface area contributed by atoms with Gasteiger partial charge in [-0.2, -0.15) is 4.37 Å². The van der Waals surface area contributed by atoms with E-state index in [4.69, 9.17) is 5.84 Å². The zero-order chi connectivity index (χ0) is 7.56. The number of hydrogen-bond donors (Lipinski definition) is 2. The van der Waals surface area contributed by atoms with Gasteiger partial charge < -0.3 is 0 Å². The molecule has 0 unspecified atom stereocenters. The molecule has 7 heteroatoms. The third-order valence-corrected chi connectivity index (χ3v) is 2.03. The number of hydrogen-bond acceptors (Lipinski definition) is 5. The van der Waals surface area contributed by atoms with Crippen molar-refractivity contribution in [3.63, 3.8) is 0 Å². The van der Waals surface area contributed by atoms with E-state index in [1.165, 1.54) is 0 Å². The van der Waals surface area contributed by atoms with Crippen molar-refractivity contribution in [1.82, 2.24) is 14.8 Å². The van der Waals surface area contributed by atoms with Crippen molar-refractivity contribution >= 4 is 33.4 Å². The van der Waals surface area contributed by atoms with E-state index in [9.17, 15) is 4.79 Å². The normalized spacial score (nSPS) is 9.40. The molecule has 0 fully saturated rings. The van der Waals surface area contributed by atoms with Gasteiger partial charge in [-0.25, -0.2) is 10.8 Å². The molecule has 0 aromatic carbocycles. The monoisotopic (exact) mass is 222 g/mol. The Hall–Kier alpha value is -0.530. The highest BCUT2D eigenvalue weighted by Crippen LogP contribution is 2.08. The van der Waals surface area contributed by atoms with Crippen LogP contribution in [-0.2, 0) is 0 Å². The molecule has 0 aliphatic heterocycles. The Kier molecular flexibility index (Phi) is 2.30. The minimum absolute atomic E-state index is 0.245. The van der Waals surface area contributed by atoms with Gasteiger partial charge in [-0.3, -0.25) is 10.2 Å². The molecule has 1 heterocycles. The van der Waals surface area contributed by atoms with Crippen LogP contribution in [0.2, 0.25) is 0 Å². The van der Waals surface area contributed by atoms with Crippen molar-refractivity contribution in [2.24, 2.45) is 5.84 Å². The molecule has 3 N–H and O–H groups in total. The number of carbonyl (C=O) groups is 1. The molecule has 1 amide bonds. The molecule has 0 bridgehead atoms. The highest BCUT2D eigenvalue weighted by molar-refractivity contribution is 9.10. The van der Waals surface area contributed by atoms with Crippen LogP contribution in [0.5, 0.6) is 0 Å². The number of rotatable bonds is 1. The van der Waals surface area contributed by atoms with Gasteiger partial charge in [0.1, 0.15) is 0 Å². The minimum atomic E-state index is -0.428. The van der Waals surface area contributed by atoms with E-state index in [1.54, 1.807) is 0 Å². The van der Waals surface area contributed by atoms with Crippen LogP contribution in [0.1, 0.15) is 9.80 Å². The number of aromatic nitrogens is 2. The summed E-state index contributed by atoms with van der Waals surface area (Å²) >= 11 is 3.98. The van der Waals surface area contributed by atoms with Crippen LogP contribution in [0.4, 0.5) is 0 Å². The van der Waals surface area contributed by atoms with Gasteiger partial charge in [0.15, 0.2) is 0 Å². The van der Waals surface area contributed by atoms with Gasteiger partial charge in [0.2, 0.25) is 9.74 Å². The van der Waals surface area contributed by atoms with Crippen LogP contribution >= 0.6 is 27.5 Å². The summed E-state index contributed by atoms with van der Waals surface area (Å²) in [4.78, 5) is 14.4. The molecule has 5 nitrogen and oxygen atoms in total. The second-order valence-electron chi connectivity index (χ2n) is 1.34. The van der Waals surface area contributed by atoms with E-state index in [1.807, 2.05) is 5.43 Å². The zero-order valence-corrected chi connectivity index (χ0v) is 7.07. The quantitative estimate of drug-likeness (QED) is 0.396. The fourth-order valence-corrected chi connectivity index (χ4v) is 1.34. The van der Waals surface area contributed by atoms with Crippen LogP contribution in [0.25, 0.3) is 0 Å². The number of nitrogens with zero attached hydrogens (tertiary/aromatic N) is 2. The number of halogens is 1. The van der Waals surface area contributed by atoms with E-state index in [0.717, 1.165) is 11.5 Å². The first-order valence-electron chi connectivity index (χ1n) is 2.24. The molecule has 0 radical (unpaired) electrons. The number of nitrogen functional groups attached to an aromatic ring is 1. The largest absolute Gasteiger partial charge is 0.295 e. The highest BCUT2D eigenvalue weighted by atomic mass is 79.9. The fraction of sp³-hybridized carbons (Fsp3) is 0. The maximum atomic E-state index is 10.7. The summed E-state index contributed by atoms with van der Waals surface area (Å²) in [6, 6.07) is 0. The van der Waals surface area contributed by atoms with Crippen molar-refractivity contribution in [3.8, 4) is 0 Å². The molecule has 0 saturated heterocycles.